The maximum Gasteiger partial charge on any atom is 0.123 e. The molecule has 0 saturated heterocycles. The molecule has 0 amide bonds. The lowest BCUT2D eigenvalue weighted by molar-refractivity contribution is 0.755. The van der Waals surface area contributed by atoms with Gasteiger partial charge in [-0.25, -0.2) is 4.98 Å². The van der Waals surface area contributed by atoms with Crippen LogP contribution >= 0.6 is 23.2 Å². The van der Waals surface area contributed by atoms with Crippen LogP contribution in [0.5, 0.6) is 0 Å². The Hall–Kier alpha value is -0.990. The average molecular weight is 241 g/mol. The number of aromatic nitrogens is 2. The van der Waals surface area contributed by atoms with E-state index in [0.717, 1.165) is 17.4 Å². The Bertz CT molecular complexity index is 434. The van der Waals surface area contributed by atoms with Crippen molar-refractivity contribution in [3.8, 4) is 0 Å². The van der Waals surface area contributed by atoms with Crippen LogP contribution in [0.1, 0.15) is 11.4 Å². The van der Waals surface area contributed by atoms with Crippen LogP contribution in [0.25, 0.3) is 0 Å². The van der Waals surface area contributed by atoms with Gasteiger partial charge in [0, 0.05) is 24.0 Å². The van der Waals surface area contributed by atoms with Gasteiger partial charge in [-0.1, -0.05) is 23.7 Å². The van der Waals surface area contributed by atoms with Gasteiger partial charge in [-0.05, 0) is 17.7 Å². The van der Waals surface area contributed by atoms with Gasteiger partial charge in [0.25, 0.3) is 0 Å². The first-order chi connectivity index (χ1) is 7.29. The van der Waals surface area contributed by atoms with E-state index in [0.29, 0.717) is 5.88 Å². The molecule has 4 heteroatoms. The SMILES string of the molecule is ClCc1nccn1Cc1ccc(Cl)cc1. The molecule has 15 heavy (non-hydrogen) atoms. The number of halogens is 2. The summed E-state index contributed by atoms with van der Waals surface area (Å²) in [6.07, 6.45) is 3.68. The molecule has 0 aliphatic heterocycles. The van der Waals surface area contributed by atoms with E-state index < -0.39 is 0 Å². The van der Waals surface area contributed by atoms with Crippen molar-refractivity contribution >= 4 is 23.2 Å². The third-order valence-corrected chi connectivity index (χ3v) is 2.68. The van der Waals surface area contributed by atoms with Gasteiger partial charge in [0.1, 0.15) is 5.82 Å². The topological polar surface area (TPSA) is 17.8 Å². The van der Waals surface area contributed by atoms with Crippen LogP contribution in [0.3, 0.4) is 0 Å². The smallest absolute Gasteiger partial charge is 0.123 e. The maximum absolute atomic E-state index is 5.81. The molecule has 0 N–H and O–H groups in total. The molecule has 1 aromatic carbocycles. The standard InChI is InChI=1S/C11H10Cl2N2/c12-7-11-14-5-6-15(11)8-9-1-3-10(13)4-2-9/h1-6H,7-8H2. The van der Waals surface area contributed by atoms with Gasteiger partial charge in [0.2, 0.25) is 0 Å². The van der Waals surface area contributed by atoms with E-state index in [1.54, 1.807) is 6.20 Å². The zero-order valence-corrected chi connectivity index (χ0v) is 9.54. The molecule has 0 atom stereocenters. The molecule has 1 aromatic heterocycles. The Kier molecular flexibility index (Phi) is 3.29. The minimum absolute atomic E-state index is 0.431. The average Bonchev–Trinajstić information content (AvgIpc) is 2.69. The van der Waals surface area contributed by atoms with Crippen LogP contribution in [0.15, 0.2) is 36.7 Å². The van der Waals surface area contributed by atoms with Crippen molar-refractivity contribution < 1.29 is 0 Å². The number of hydrogen-bond acceptors (Lipinski definition) is 1. The van der Waals surface area contributed by atoms with Crippen molar-refractivity contribution in [3.05, 3.63) is 53.1 Å². The fourth-order valence-electron chi connectivity index (χ4n) is 1.40. The third-order valence-electron chi connectivity index (χ3n) is 2.19. The van der Waals surface area contributed by atoms with Gasteiger partial charge in [-0.2, -0.15) is 0 Å². The van der Waals surface area contributed by atoms with Gasteiger partial charge in [-0.15, -0.1) is 11.6 Å². The molecule has 0 unspecified atom stereocenters. The lowest BCUT2D eigenvalue weighted by Gasteiger charge is -2.05. The monoisotopic (exact) mass is 240 g/mol. The Balaban J connectivity index is 2.18. The van der Waals surface area contributed by atoms with Crippen molar-refractivity contribution in [3.63, 3.8) is 0 Å². The molecule has 0 aliphatic rings. The molecule has 0 aliphatic carbocycles. The normalized spacial score (nSPS) is 10.5. The second-order valence-corrected chi connectivity index (χ2v) is 3.94. The highest BCUT2D eigenvalue weighted by atomic mass is 35.5. The van der Waals surface area contributed by atoms with Gasteiger partial charge < -0.3 is 4.57 Å². The summed E-state index contributed by atoms with van der Waals surface area (Å²) in [5, 5.41) is 0.752. The minimum Gasteiger partial charge on any atom is -0.330 e. The molecular weight excluding hydrogens is 231 g/mol. The van der Waals surface area contributed by atoms with E-state index in [-0.39, 0.29) is 0 Å². The summed E-state index contributed by atoms with van der Waals surface area (Å²) in [5.74, 6) is 1.31. The fraction of sp³-hybridized carbons (Fsp3) is 0.182. The highest BCUT2D eigenvalue weighted by Crippen LogP contribution is 2.12. The Morgan fingerprint density at radius 2 is 1.93 bits per heavy atom. The van der Waals surface area contributed by atoms with Crippen LogP contribution < -0.4 is 0 Å². The first-order valence-corrected chi connectivity index (χ1v) is 5.51. The summed E-state index contributed by atoms with van der Waals surface area (Å²) in [6, 6.07) is 7.77. The van der Waals surface area contributed by atoms with E-state index in [9.17, 15) is 0 Å². The summed E-state index contributed by atoms with van der Waals surface area (Å²) >= 11 is 11.6. The van der Waals surface area contributed by atoms with Crippen molar-refractivity contribution in [2.75, 3.05) is 0 Å². The summed E-state index contributed by atoms with van der Waals surface area (Å²) in [7, 11) is 0. The second-order valence-electron chi connectivity index (χ2n) is 3.23. The van der Waals surface area contributed by atoms with E-state index in [4.69, 9.17) is 23.2 Å². The lowest BCUT2D eigenvalue weighted by atomic mass is 10.2. The molecule has 0 saturated carbocycles. The molecular formula is C11H10Cl2N2. The molecule has 1 heterocycles. The number of hydrogen-bond donors (Lipinski definition) is 0. The summed E-state index contributed by atoms with van der Waals surface area (Å²) < 4.78 is 2.02. The molecule has 0 spiro atoms. The first-order valence-electron chi connectivity index (χ1n) is 4.60. The van der Waals surface area contributed by atoms with Gasteiger partial charge in [0.15, 0.2) is 0 Å². The molecule has 2 rings (SSSR count). The predicted molar refractivity (Wildman–Crippen MR) is 62.3 cm³/mol. The molecule has 2 aromatic rings. The predicted octanol–water partition coefficient (Wildman–Crippen LogP) is 3.32. The molecule has 78 valence electrons. The summed E-state index contributed by atoms with van der Waals surface area (Å²) in [5.41, 5.74) is 1.18. The van der Waals surface area contributed by atoms with Crippen molar-refractivity contribution in [1.82, 2.24) is 9.55 Å². The number of rotatable bonds is 3. The minimum atomic E-state index is 0.431. The summed E-state index contributed by atoms with van der Waals surface area (Å²) in [6.45, 7) is 0.777. The third kappa shape index (κ3) is 2.52. The number of imidazole rings is 1. The van der Waals surface area contributed by atoms with E-state index in [1.165, 1.54) is 5.56 Å². The zero-order valence-electron chi connectivity index (χ0n) is 8.03. The highest BCUT2D eigenvalue weighted by molar-refractivity contribution is 6.30. The van der Waals surface area contributed by atoms with E-state index in [1.807, 2.05) is 35.0 Å². The van der Waals surface area contributed by atoms with Crippen molar-refractivity contribution in [2.45, 2.75) is 12.4 Å². The van der Waals surface area contributed by atoms with E-state index in [2.05, 4.69) is 4.98 Å². The molecule has 0 radical (unpaired) electrons. The number of benzene rings is 1. The quantitative estimate of drug-likeness (QED) is 0.753. The van der Waals surface area contributed by atoms with Crippen molar-refractivity contribution in [2.24, 2.45) is 0 Å². The fourth-order valence-corrected chi connectivity index (χ4v) is 1.75. The van der Waals surface area contributed by atoms with Crippen LogP contribution in [-0.2, 0) is 12.4 Å². The van der Waals surface area contributed by atoms with Crippen LogP contribution in [0.4, 0.5) is 0 Å². The summed E-state index contributed by atoms with van der Waals surface area (Å²) in [4.78, 5) is 4.15. The molecule has 2 nitrogen and oxygen atoms in total. The Labute approximate surface area is 98.5 Å². The van der Waals surface area contributed by atoms with Crippen LogP contribution in [-0.4, -0.2) is 9.55 Å². The molecule has 0 bridgehead atoms. The molecule has 0 fully saturated rings. The van der Waals surface area contributed by atoms with Gasteiger partial charge in [0.05, 0.1) is 5.88 Å². The Morgan fingerprint density at radius 1 is 1.20 bits per heavy atom. The van der Waals surface area contributed by atoms with Gasteiger partial charge >= 0.3 is 0 Å². The number of alkyl halides is 1. The largest absolute Gasteiger partial charge is 0.330 e. The zero-order chi connectivity index (χ0) is 10.7. The van der Waals surface area contributed by atoms with Crippen LogP contribution in [0, 0.1) is 0 Å². The van der Waals surface area contributed by atoms with Gasteiger partial charge in [-0.3, -0.25) is 0 Å². The van der Waals surface area contributed by atoms with E-state index >= 15 is 0 Å². The maximum atomic E-state index is 5.81. The van der Waals surface area contributed by atoms with Crippen LogP contribution in [0.2, 0.25) is 5.02 Å². The lowest BCUT2D eigenvalue weighted by Crippen LogP contribution is -2.02. The number of nitrogens with zero attached hydrogens (tertiary/aromatic N) is 2. The second kappa shape index (κ2) is 4.69. The van der Waals surface area contributed by atoms with Crippen molar-refractivity contribution in [1.29, 1.82) is 0 Å². The highest BCUT2D eigenvalue weighted by Gasteiger charge is 2.01. The Morgan fingerprint density at radius 3 is 2.60 bits per heavy atom. The first kappa shape index (κ1) is 10.5.